The third-order valence-electron chi connectivity index (χ3n) is 5.61. The number of piperidine rings is 1. The molecule has 6 nitrogen and oxygen atoms in total. The van der Waals surface area contributed by atoms with E-state index >= 15 is 0 Å². The molecule has 154 valence electrons. The van der Waals surface area contributed by atoms with E-state index in [2.05, 4.69) is 15.2 Å². The maximum Gasteiger partial charge on any atom is 0.253 e. The lowest BCUT2D eigenvalue weighted by atomic mass is 9.96. The van der Waals surface area contributed by atoms with Gasteiger partial charge in [0.1, 0.15) is 12.7 Å². The summed E-state index contributed by atoms with van der Waals surface area (Å²) < 4.78 is 11.9. The second-order valence-corrected chi connectivity index (χ2v) is 8.12. The third kappa shape index (κ3) is 4.82. The quantitative estimate of drug-likeness (QED) is 0.811. The van der Waals surface area contributed by atoms with Gasteiger partial charge in [-0.25, -0.2) is 0 Å². The third-order valence-corrected chi connectivity index (χ3v) is 5.91. The molecule has 3 heterocycles. The van der Waals surface area contributed by atoms with Gasteiger partial charge in [-0.05, 0) is 63.0 Å². The second kappa shape index (κ2) is 9.01. The molecule has 29 heavy (non-hydrogen) atoms. The molecule has 1 unspecified atom stereocenters. The van der Waals surface area contributed by atoms with E-state index in [1.807, 2.05) is 31.2 Å². The van der Waals surface area contributed by atoms with Crippen LogP contribution >= 0.6 is 11.6 Å². The average molecular weight is 416 g/mol. The Labute approximate surface area is 176 Å². The van der Waals surface area contributed by atoms with E-state index in [0.29, 0.717) is 41.2 Å². The molecule has 0 radical (unpaired) electrons. The van der Waals surface area contributed by atoms with Crippen molar-refractivity contribution in [1.29, 1.82) is 0 Å². The van der Waals surface area contributed by atoms with Crippen molar-refractivity contribution >= 4 is 17.5 Å². The number of benzene rings is 1. The van der Waals surface area contributed by atoms with Crippen molar-refractivity contribution in [3.05, 3.63) is 52.8 Å². The first kappa shape index (κ1) is 20.0. The molecule has 4 rings (SSSR count). The minimum atomic E-state index is -0.0404. The van der Waals surface area contributed by atoms with Crippen LogP contribution in [0.15, 0.2) is 36.5 Å². The first-order valence-electron chi connectivity index (χ1n) is 10.1. The molecule has 2 aliphatic rings. The van der Waals surface area contributed by atoms with Gasteiger partial charge in [-0.1, -0.05) is 17.7 Å². The fourth-order valence-electron chi connectivity index (χ4n) is 3.91. The van der Waals surface area contributed by atoms with Crippen LogP contribution in [0.5, 0.6) is 11.5 Å². The summed E-state index contributed by atoms with van der Waals surface area (Å²) in [7, 11) is 0. The number of amides is 1. The highest BCUT2D eigenvalue weighted by atomic mass is 35.5. The normalized spacial score (nSPS) is 19.7. The van der Waals surface area contributed by atoms with Crippen molar-refractivity contribution < 1.29 is 14.3 Å². The lowest BCUT2D eigenvalue weighted by molar-refractivity contribution is 0.0477. The highest BCUT2D eigenvalue weighted by molar-refractivity contribution is 6.32. The zero-order chi connectivity index (χ0) is 20.2. The van der Waals surface area contributed by atoms with Gasteiger partial charge < -0.3 is 14.8 Å². The predicted molar refractivity (Wildman–Crippen MR) is 112 cm³/mol. The lowest BCUT2D eigenvalue weighted by Gasteiger charge is -2.35. The number of aromatic nitrogens is 1. The van der Waals surface area contributed by atoms with Gasteiger partial charge in [0.25, 0.3) is 5.91 Å². The van der Waals surface area contributed by atoms with Crippen LogP contribution in [0, 0.1) is 12.8 Å². The number of pyridine rings is 1. The topological polar surface area (TPSA) is 63.7 Å². The van der Waals surface area contributed by atoms with Crippen LogP contribution in [0.3, 0.4) is 0 Å². The molecule has 2 aromatic rings. The Morgan fingerprint density at radius 1 is 1.28 bits per heavy atom. The molecule has 1 atom stereocenters. The smallest absolute Gasteiger partial charge is 0.253 e. The summed E-state index contributed by atoms with van der Waals surface area (Å²) in [5.41, 5.74) is 1.41. The molecule has 1 fully saturated rings. The molecule has 2 aliphatic heterocycles. The average Bonchev–Trinajstić information content (AvgIpc) is 2.74. The van der Waals surface area contributed by atoms with E-state index in [9.17, 15) is 4.79 Å². The molecule has 1 aromatic carbocycles. The van der Waals surface area contributed by atoms with Crippen molar-refractivity contribution in [3.8, 4) is 11.5 Å². The molecule has 0 aliphatic carbocycles. The van der Waals surface area contributed by atoms with E-state index in [-0.39, 0.29) is 12.0 Å². The minimum absolute atomic E-state index is 0.0211. The van der Waals surface area contributed by atoms with E-state index in [0.717, 1.165) is 38.2 Å². The summed E-state index contributed by atoms with van der Waals surface area (Å²) in [6.07, 6.45) is 3.79. The van der Waals surface area contributed by atoms with Crippen molar-refractivity contribution in [3.63, 3.8) is 0 Å². The van der Waals surface area contributed by atoms with E-state index in [4.69, 9.17) is 21.1 Å². The Morgan fingerprint density at radius 3 is 2.90 bits per heavy atom. The van der Waals surface area contributed by atoms with Gasteiger partial charge in [0, 0.05) is 25.0 Å². The number of para-hydroxylation sites is 1. The van der Waals surface area contributed by atoms with Gasteiger partial charge in [-0.15, -0.1) is 0 Å². The molecule has 7 heteroatoms. The summed E-state index contributed by atoms with van der Waals surface area (Å²) >= 11 is 6.23. The number of ether oxygens (including phenoxy) is 2. The number of fused-ring (bicyclic) bond motifs is 1. The van der Waals surface area contributed by atoms with Gasteiger partial charge in [0.15, 0.2) is 11.5 Å². The lowest BCUT2D eigenvalue weighted by Crippen LogP contribution is -2.45. The van der Waals surface area contributed by atoms with Gasteiger partial charge in [0.2, 0.25) is 0 Å². The maximum absolute atomic E-state index is 12.4. The molecular weight excluding hydrogens is 390 g/mol. The van der Waals surface area contributed by atoms with Crippen LogP contribution in [-0.2, 0) is 0 Å². The highest BCUT2D eigenvalue weighted by Gasteiger charge is 2.27. The van der Waals surface area contributed by atoms with Gasteiger partial charge >= 0.3 is 0 Å². The van der Waals surface area contributed by atoms with Crippen LogP contribution in [0.2, 0.25) is 5.02 Å². The van der Waals surface area contributed by atoms with Crippen LogP contribution in [0.4, 0.5) is 0 Å². The van der Waals surface area contributed by atoms with Gasteiger partial charge in [-0.2, -0.15) is 0 Å². The zero-order valence-electron chi connectivity index (χ0n) is 16.6. The Hall–Kier alpha value is -2.31. The fourth-order valence-corrected chi connectivity index (χ4v) is 4.12. The standard InChI is InChI=1S/C22H26ClN3O3/c1-15-18(4-3-9-24-15)22(27)25-12-16-7-10-26(11-8-16)13-17-14-28-20-6-2-5-19(23)21(20)29-17/h2-6,9,16-17H,7-8,10-14H2,1H3,(H,25,27). The minimum Gasteiger partial charge on any atom is -0.486 e. The molecule has 1 aromatic heterocycles. The number of nitrogens with zero attached hydrogens (tertiary/aromatic N) is 2. The number of nitrogens with one attached hydrogen (secondary N) is 1. The Kier molecular flexibility index (Phi) is 6.21. The zero-order valence-corrected chi connectivity index (χ0v) is 17.3. The molecule has 0 spiro atoms. The van der Waals surface area contributed by atoms with Crippen molar-refractivity contribution in [2.45, 2.75) is 25.9 Å². The van der Waals surface area contributed by atoms with Crippen molar-refractivity contribution in [1.82, 2.24) is 15.2 Å². The van der Waals surface area contributed by atoms with E-state index < -0.39 is 0 Å². The number of hydrogen-bond donors (Lipinski definition) is 1. The first-order chi connectivity index (χ1) is 14.1. The second-order valence-electron chi connectivity index (χ2n) is 7.71. The summed E-state index contributed by atoms with van der Waals surface area (Å²) in [4.78, 5) is 18.9. The summed E-state index contributed by atoms with van der Waals surface area (Å²) in [6.45, 7) is 5.89. The first-order valence-corrected chi connectivity index (χ1v) is 10.5. The highest BCUT2D eigenvalue weighted by Crippen LogP contribution is 2.38. The monoisotopic (exact) mass is 415 g/mol. The number of carbonyl (C=O) groups excluding carboxylic acids is 1. The Bertz CT molecular complexity index is 868. The van der Waals surface area contributed by atoms with Crippen molar-refractivity contribution in [2.75, 3.05) is 32.8 Å². The number of hydrogen-bond acceptors (Lipinski definition) is 5. The summed E-state index contributed by atoms with van der Waals surface area (Å²) in [5.74, 6) is 1.81. The van der Waals surface area contributed by atoms with Crippen LogP contribution in [0.1, 0.15) is 28.9 Å². The molecular formula is C22H26ClN3O3. The van der Waals surface area contributed by atoms with Crippen molar-refractivity contribution in [2.24, 2.45) is 5.92 Å². The number of likely N-dealkylation sites (tertiary alicyclic amines) is 1. The van der Waals surface area contributed by atoms with Gasteiger partial charge in [-0.3, -0.25) is 14.7 Å². The Morgan fingerprint density at radius 2 is 2.10 bits per heavy atom. The molecule has 0 bridgehead atoms. The summed E-state index contributed by atoms with van der Waals surface area (Å²) in [6, 6.07) is 9.17. The van der Waals surface area contributed by atoms with Gasteiger partial charge in [0.05, 0.1) is 10.6 Å². The number of rotatable bonds is 5. The number of halogens is 1. The largest absolute Gasteiger partial charge is 0.486 e. The van der Waals surface area contributed by atoms with E-state index in [1.54, 1.807) is 12.3 Å². The molecule has 1 N–H and O–H groups in total. The predicted octanol–water partition coefficient (Wildman–Crippen LogP) is 3.33. The van der Waals surface area contributed by atoms with Crippen LogP contribution in [0.25, 0.3) is 0 Å². The SMILES string of the molecule is Cc1ncccc1C(=O)NCC1CCN(CC2COc3cccc(Cl)c3O2)CC1. The number of aryl methyl sites for hydroxylation is 1. The Balaban J connectivity index is 1.22. The van der Waals surface area contributed by atoms with Crippen LogP contribution in [-0.4, -0.2) is 54.7 Å². The fraction of sp³-hybridized carbons (Fsp3) is 0.455. The van der Waals surface area contributed by atoms with E-state index in [1.165, 1.54) is 0 Å². The molecule has 1 amide bonds. The summed E-state index contributed by atoms with van der Waals surface area (Å²) in [5, 5.41) is 3.65. The van der Waals surface area contributed by atoms with Crippen LogP contribution < -0.4 is 14.8 Å². The molecule has 0 saturated carbocycles. The number of carbonyl (C=O) groups is 1. The molecule has 1 saturated heterocycles. The maximum atomic E-state index is 12.4.